The van der Waals surface area contributed by atoms with Crippen LogP contribution in [0.15, 0.2) is 72.1 Å². The van der Waals surface area contributed by atoms with Crippen molar-refractivity contribution < 1.29 is 14.0 Å². The number of nitrogens with zero attached hydrogens (tertiary/aromatic N) is 3. The lowest BCUT2D eigenvalue weighted by Gasteiger charge is -2.27. The van der Waals surface area contributed by atoms with Gasteiger partial charge in [-0.2, -0.15) is 0 Å². The van der Waals surface area contributed by atoms with E-state index in [9.17, 15) is 14.0 Å². The Labute approximate surface area is 179 Å². The molecule has 1 aliphatic rings. The highest BCUT2D eigenvalue weighted by Crippen LogP contribution is 2.25. The molecule has 0 saturated carbocycles. The maximum Gasteiger partial charge on any atom is 0.257 e. The number of pyridine rings is 1. The summed E-state index contributed by atoms with van der Waals surface area (Å²) in [4.78, 5) is 34.5. The second-order valence-corrected chi connectivity index (χ2v) is 6.74. The third-order valence-electron chi connectivity index (χ3n) is 4.56. The smallest absolute Gasteiger partial charge is 0.257 e. The first-order chi connectivity index (χ1) is 15.0. The van der Waals surface area contributed by atoms with Crippen molar-refractivity contribution in [2.75, 3.05) is 30.3 Å². The van der Waals surface area contributed by atoms with Crippen LogP contribution in [0.1, 0.15) is 6.92 Å². The van der Waals surface area contributed by atoms with Crippen LogP contribution in [0, 0.1) is 5.82 Å². The molecule has 1 fully saturated rings. The Bertz CT molecular complexity index is 1030. The number of amides is 2. The number of carbonyl (C=O) groups excluding carboxylic acids is 2. The molecule has 2 heterocycles. The maximum absolute atomic E-state index is 13.1. The van der Waals surface area contributed by atoms with Crippen molar-refractivity contribution in [2.45, 2.75) is 6.92 Å². The Balaban J connectivity index is 1.72. The van der Waals surface area contributed by atoms with Crippen LogP contribution in [0.5, 0.6) is 0 Å². The number of anilines is 3. The van der Waals surface area contributed by atoms with E-state index >= 15 is 0 Å². The Morgan fingerprint density at radius 1 is 1.29 bits per heavy atom. The molecule has 3 N–H and O–H groups in total. The van der Waals surface area contributed by atoms with Gasteiger partial charge in [-0.05, 0) is 37.3 Å². The molecule has 1 aromatic heterocycles. The molecule has 0 atom stereocenters. The van der Waals surface area contributed by atoms with Gasteiger partial charge in [-0.15, -0.1) is 0 Å². The second-order valence-electron chi connectivity index (χ2n) is 6.74. The molecule has 0 bridgehead atoms. The lowest BCUT2D eigenvalue weighted by atomic mass is 10.2. The molecule has 1 aliphatic heterocycles. The highest BCUT2D eigenvalue weighted by atomic mass is 19.1. The molecule has 31 heavy (non-hydrogen) atoms. The van der Waals surface area contributed by atoms with Gasteiger partial charge >= 0.3 is 0 Å². The molecule has 2 aromatic rings. The summed E-state index contributed by atoms with van der Waals surface area (Å²) < 4.78 is 13.1. The lowest BCUT2D eigenvalue weighted by Crippen LogP contribution is -2.49. The summed E-state index contributed by atoms with van der Waals surface area (Å²) in [5.41, 5.74) is 1.94. The summed E-state index contributed by atoms with van der Waals surface area (Å²) in [5, 5.41) is 8.65. The van der Waals surface area contributed by atoms with E-state index in [4.69, 9.17) is 0 Å². The van der Waals surface area contributed by atoms with Crippen LogP contribution in [-0.4, -0.2) is 47.2 Å². The first-order valence-electron chi connectivity index (χ1n) is 9.63. The number of aliphatic imine (C=N–C) groups is 1. The first kappa shape index (κ1) is 21.7. The van der Waals surface area contributed by atoms with Crippen LogP contribution in [0.2, 0.25) is 0 Å². The fourth-order valence-corrected chi connectivity index (χ4v) is 2.85. The number of hydrogen-bond acceptors (Lipinski definition) is 5. The summed E-state index contributed by atoms with van der Waals surface area (Å²) in [5.74, 6) is -0.182. The molecule has 1 saturated heterocycles. The molecule has 2 amide bonds. The molecule has 1 aromatic carbocycles. The van der Waals surface area contributed by atoms with Gasteiger partial charge < -0.3 is 20.9 Å². The van der Waals surface area contributed by atoms with Gasteiger partial charge in [0.25, 0.3) is 5.91 Å². The largest absolute Gasteiger partial charge is 0.353 e. The quantitative estimate of drug-likeness (QED) is 0.288. The Kier molecular flexibility index (Phi) is 7.10. The molecule has 9 heteroatoms. The number of carbonyl (C=O) groups is 2. The lowest BCUT2D eigenvalue weighted by molar-refractivity contribution is -0.122. The topological polar surface area (TPSA) is 98.7 Å². The molecule has 0 unspecified atom stereocenters. The Hall–Kier alpha value is -4.01. The number of halogens is 1. The number of benzene rings is 1. The fourth-order valence-electron chi connectivity index (χ4n) is 2.85. The molecule has 3 rings (SSSR count). The van der Waals surface area contributed by atoms with Crippen LogP contribution in [0.4, 0.5) is 21.5 Å². The molecule has 8 nitrogen and oxygen atoms in total. The van der Waals surface area contributed by atoms with E-state index in [1.54, 1.807) is 37.5 Å². The average molecular weight is 422 g/mol. The van der Waals surface area contributed by atoms with E-state index in [-0.39, 0.29) is 23.8 Å². The summed E-state index contributed by atoms with van der Waals surface area (Å²) in [7, 11) is 0. The standard InChI is InChI=1S/C22H23FN6O2/c1-3-16(12-26-15(2)29-11-10-25-21(30)14-29)22(31)28-19-8-9-24-13-20(19)27-18-6-4-17(23)5-7-18/h3-9,12-13,27H,1,10-11,14H2,2H3,(H,25,30)(H,24,28,31)/b16-12+,26-15?. The molecule has 0 aliphatic carbocycles. The van der Waals surface area contributed by atoms with E-state index in [0.29, 0.717) is 36.0 Å². The number of piperazine rings is 1. The van der Waals surface area contributed by atoms with Crippen LogP contribution >= 0.6 is 0 Å². The molecule has 160 valence electrons. The molecule has 0 spiro atoms. The highest BCUT2D eigenvalue weighted by Gasteiger charge is 2.17. The van der Waals surface area contributed by atoms with Gasteiger partial charge in [-0.25, -0.2) is 9.38 Å². The zero-order chi connectivity index (χ0) is 22.2. The highest BCUT2D eigenvalue weighted by molar-refractivity contribution is 6.07. The van der Waals surface area contributed by atoms with E-state index < -0.39 is 5.91 Å². The van der Waals surface area contributed by atoms with Gasteiger partial charge in [0.1, 0.15) is 11.7 Å². The SMILES string of the molecule is C=C/C(=C\N=C(C)N1CCNC(=O)C1)C(=O)Nc1ccncc1Nc1ccc(F)cc1. The van der Waals surface area contributed by atoms with Crippen molar-refractivity contribution >= 4 is 34.7 Å². The predicted octanol–water partition coefficient (Wildman–Crippen LogP) is 2.82. The van der Waals surface area contributed by atoms with Crippen molar-refractivity contribution in [3.8, 4) is 0 Å². The van der Waals surface area contributed by atoms with Crippen molar-refractivity contribution in [3.05, 3.63) is 73.0 Å². The molecular weight excluding hydrogens is 399 g/mol. The number of nitrogens with one attached hydrogen (secondary N) is 3. The first-order valence-corrected chi connectivity index (χ1v) is 9.63. The zero-order valence-electron chi connectivity index (χ0n) is 17.1. The maximum atomic E-state index is 13.1. The average Bonchev–Trinajstić information content (AvgIpc) is 2.77. The van der Waals surface area contributed by atoms with Crippen molar-refractivity contribution in [1.29, 1.82) is 0 Å². The third kappa shape index (κ3) is 5.99. The van der Waals surface area contributed by atoms with E-state index in [1.807, 2.05) is 4.90 Å². The zero-order valence-corrected chi connectivity index (χ0v) is 17.1. The van der Waals surface area contributed by atoms with Crippen LogP contribution < -0.4 is 16.0 Å². The van der Waals surface area contributed by atoms with Gasteiger partial charge in [-0.1, -0.05) is 12.7 Å². The van der Waals surface area contributed by atoms with E-state index in [2.05, 4.69) is 32.5 Å². The van der Waals surface area contributed by atoms with E-state index in [0.717, 1.165) is 0 Å². The second kappa shape index (κ2) is 10.1. The normalized spacial score (nSPS) is 14.6. The van der Waals surface area contributed by atoms with E-state index in [1.165, 1.54) is 24.4 Å². The number of hydrogen-bond donors (Lipinski definition) is 3. The minimum Gasteiger partial charge on any atom is -0.353 e. The van der Waals surface area contributed by atoms with Crippen LogP contribution in [0.3, 0.4) is 0 Å². The molecular formula is C22H23FN6O2. The summed E-state index contributed by atoms with van der Waals surface area (Å²) in [6.45, 7) is 6.90. The number of rotatable bonds is 6. The Morgan fingerprint density at radius 3 is 2.77 bits per heavy atom. The number of aromatic nitrogens is 1. The van der Waals surface area contributed by atoms with Crippen molar-refractivity contribution in [2.24, 2.45) is 4.99 Å². The fraction of sp³-hybridized carbons (Fsp3) is 0.182. The minimum absolute atomic E-state index is 0.0645. The van der Waals surface area contributed by atoms with Gasteiger partial charge in [0.2, 0.25) is 5.91 Å². The predicted molar refractivity (Wildman–Crippen MR) is 119 cm³/mol. The van der Waals surface area contributed by atoms with Crippen LogP contribution in [0.25, 0.3) is 0 Å². The third-order valence-corrected chi connectivity index (χ3v) is 4.56. The molecule has 0 radical (unpaired) electrons. The summed E-state index contributed by atoms with van der Waals surface area (Å²) in [6, 6.07) is 7.48. The van der Waals surface area contributed by atoms with Crippen molar-refractivity contribution in [1.82, 2.24) is 15.2 Å². The monoisotopic (exact) mass is 422 g/mol. The summed E-state index contributed by atoms with van der Waals surface area (Å²) in [6.07, 6.45) is 5.92. The van der Waals surface area contributed by atoms with Gasteiger partial charge in [0.05, 0.1) is 29.7 Å². The summed E-state index contributed by atoms with van der Waals surface area (Å²) >= 11 is 0. The minimum atomic E-state index is -0.406. The van der Waals surface area contributed by atoms with Gasteiger partial charge in [-0.3, -0.25) is 14.6 Å². The Morgan fingerprint density at radius 2 is 2.06 bits per heavy atom. The van der Waals surface area contributed by atoms with Gasteiger partial charge in [0, 0.05) is 31.2 Å². The van der Waals surface area contributed by atoms with Crippen LogP contribution in [-0.2, 0) is 9.59 Å². The number of amidine groups is 1. The van der Waals surface area contributed by atoms with Crippen molar-refractivity contribution in [3.63, 3.8) is 0 Å². The van der Waals surface area contributed by atoms with Gasteiger partial charge in [0.15, 0.2) is 0 Å².